The number of benzene rings is 1. The van der Waals surface area contributed by atoms with Crippen LogP contribution >= 0.6 is 0 Å². The van der Waals surface area contributed by atoms with Gasteiger partial charge >= 0.3 is 0 Å². The molecule has 1 unspecified atom stereocenters. The smallest absolute Gasteiger partial charge is 0.232 e. The number of ketones is 1. The van der Waals surface area contributed by atoms with E-state index >= 15 is 0 Å². The van der Waals surface area contributed by atoms with Crippen molar-refractivity contribution in [2.45, 2.75) is 31.7 Å². The number of rotatable bonds is 3. The SMILES string of the molecule is CS(=O)(=O)N1CCc2cc(C(=O)C3CCCCN3)ccc21. The molecule has 2 aliphatic heterocycles. The van der Waals surface area contributed by atoms with Crippen LogP contribution in [-0.4, -0.2) is 39.6 Å². The molecule has 1 aromatic carbocycles. The highest BCUT2D eigenvalue weighted by molar-refractivity contribution is 7.92. The van der Waals surface area contributed by atoms with Crippen LogP contribution < -0.4 is 9.62 Å². The van der Waals surface area contributed by atoms with Crippen LogP contribution in [0, 0.1) is 0 Å². The van der Waals surface area contributed by atoms with Crippen LogP contribution in [0.5, 0.6) is 0 Å². The molecule has 1 atom stereocenters. The van der Waals surface area contributed by atoms with Gasteiger partial charge in [0.1, 0.15) is 0 Å². The summed E-state index contributed by atoms with van der Waals surface area (Å²) in [6.45, 7) is 1.36. The van der Waals surface area contributed by atoms with Crippen LogP contribution in [-0.2, 0) is 16.4 Å². The molecule has 0 bridgehead atoms. The Balaban J connectivity index is 1.86. The maximum atomic E-state index is 12.5. The van der Waals surface area contributed by atoms with Crippen molar-refractivity contribution in [2.75, 3.05) is 23.7 Å². The molecular formula is C15H20N2O3S. The number of nitrogens with one attached hydrogen (secondary N) is 1. The molecule has 3 rings (SSSR count). The molecule has 1 saturated heterocycles. The highest BCUT2D eigenvalue weighted by Crippen LogP contribution is 2.31. The van der Waals surface area contributed by atoms with Gasteiger partial charge in [-0.2, -0.15) is 0 Å². The molecule has 0 spiro atoms. The van der Waals surface area contributed by atoms with E-state index in [0.717, 1.165) is 31.4 Å². The lowest BCUT2D eigenvalue weighted by Crippen LogP contribution is -2.40. The summed E-state index contributed by atoms with van der Waals surface area (Å²) in [6, 6.07) is 5.28. The number of carbonyl (C=O) groups excluding carboxylic acids is 1. The second-order valence-corrected chi connectivity index (χ2v) is 7.70. The van der Waals surface area contributed by atoms with Crippen molar-refractivity contribution in [3.63, 3.8) is 0 Å². The van der Waals surface area contributed by atoms with Crippen molar-refractivity contribution in [3.05, 3.63) is 29.3 Å². The molecule has 1 aromatic rings. The fourth-order valence-electron chi connectivity index (χ4n) is 3.15. The van der Waals surface area contributed by atoms with Gasteiger partial charge in [0.25, 0.3) is 0 Å². The van der Waals surface area contributed by atoms with E-state index in [1.165, 1.54) is 10.6 Å². The zero-order chi connectivity index (χ0) is 15.0. The summed E-state index contributed by atoms with van der Waals surface area (Å²) >= 11 is 0. The predicted octanol–water partition coefficient (Wildman–Crippen LogP) is 1.33. The Bertz CT molecular complexity index is 663. The lowest BCUT2D eigenvalue weighted by molar-refractivity contribution is 0.0927. The Labute approximate surface area is 125 Å². The minimum Gasteiger partial charge on any atom is -0.307 e. The molecule has 0 aromatic heterocycles. The van der Waals surface area contributed by atoms with Crippen LogP contribution in [0.4, 0.5) is 5.69 Å². The summed E-state index contributed by atoms with van der Waals surface area (Å²) in [6.07, 6.45) is 4.97. The minimum atomic E-state index is -3.23. The number of hydrogen-bond acceptors (Lipinski definition) is 4. The van der Waals surface area contributed by atoms with Crippen LogP contribution in [0.1, 0.15) is 35.2 Å². The summed E-state index contributed by atoms with van der Waals surface area (Å²) in [5.74, 6) is 0.121. The van der Waals surface area contributed by atoms with Gasteiger partial charge in [-0.3, -0.25) is 9.10 Å². The maximum Gasteiger partial charge on any atom is 0.232 e. The number of hydrogen-bond donors (Lipinski definition) is 1. The van der Waals surface area contributed by atoms with Crippen molar-refractivity contribution in [2.24, 2.45) is 0 Å². The van der Waals surface area contributed by atoms with Gasteiger partial charge in [0.15, 0.2) is 5.78 Å². The van der Waals surface area contributed by atoms with E-state index in [4.69, 9.17) is 0 Å². The Hall–Kier alpha value is -1.40. The first-order chi connectivity index (χ1) is 9.97. The monoisotopic (exact) mass is 308 g/mol. The largest absolute Gasteiger partial charge is 0.307 e. The van der Waals surface area contributed by atoms with Crippen molar-refractivity contribution >= 4 is 21.5 Å². The summed E-state index contributed by atoms with van der Waals surface area (Å²) in [4.78, 5) is 12.5. The second kappa shape index (κ2) is 5.42. The predicted molar refractivity (Wildman–Crippen MR) is 82.3 cm³/mol. The van der Waals surface area contributed by atoms with Gasteiger partial charge in [-0.1, -0.05) is 6.42 Å². The topological polar surface area (TPSA) is 66.5 Å². The number of piperidine rings is 1. The molecular weight excluding hydrogens is 288 g/mol. The first-order valence-corrected chi connectivity index (χ1v) is 9.20. The average molecular weight is 308 g/mol. The number of nitrogens with zero attached hydrogens (tertiary/aromatic N) is 1. The van der Waals surface area contributed by atoms with E-state index in [9.17, 15) is 13.2 Å². The standard InChI is InChI=1S/C15H20N2O3S/c1-21(19,20)17-9-7-11-10-12(5-6-14(11)17)15(18)13-4-2-3-8-16-13/h5-6,10,13,16H,2-4,7-9H2,1H3. The number of fused-ring (bicyclic) bond motifs is 1. The minimum absolute atomic E-state index is 0.0933. The van der Waals surface area contributed by atoms with Gasteiger partial charge in [0.05, 0.1) is 18.0 Å². The molecule has 114 valence electrons. The van der Waals surface area contributed by atoms with E-state index in [2.05, 4.69) is 5.32 Å². The van der Waals surface area contributed by atoms with Gasteiger partial charge in [-0.05, 0) is 49.6 Å². The quantitative estimate of drug-likeness (QED) is 0.856. The Morgan fingerprint density at radius 3 is 2.81 bits per heavy atom. The molecule has 0 saturated carbocycles. The third kappa shape index (κ3) is 2.82. The molecule has 1 fully saturated rings. The molecule has 0 radical (unpaired) electrons. The highest BCUT2D eigenvalue weighted by atomic mass is 32.2. The van der Waals surface area contributed by atoms with Crippen LogP contribution in [0.2, 0.25) is 0 Å². The average Bonchev–Trinajstić information content (AvgIpc) is 2.90. The third-order valence-corrected chi connectivity index (χ3v) is 5.42. The van der Waals surface area contributed by atoms with Gasteiger partial charge in [0.2, 0.25) is 10.0 Å². The van der Waals surface area contributed by atoms with Crippen molar-refractivity contribution in [3.8, 4) is 0 Å². The van der Waals surface area contributed by atoms with Crippen LogP contribution in [0.25, 0.3) is 0 Å². The van der Waals surface area contributed by atoms with Crippen molar-refractivity contribution in [1.29, 1.82) is 0 Å². The number of anilines is 1. The third-order valence-electron chi connectivity index (χ3n) is 4.24. The van der Waals surface area contributed by atoms with E-state index in [0.29, 0.717) is 24.2 Å². The normalized spacial score (nSPS) is 22.1. The molecule has 2 heterocycles. The zero-order valence-electron chi connectivity index (χ0n) is 12.1. The van der Waals surface area contributed by atoms with Gasteiger partial charge in [-0.15, -0.1) is 0 Å². The Morgan fingerprint density at radius 1 is 1.33 bits per heavy atom. The van der Waals surface area contributed by atoms with Crippen molar-refractivity contribution in [1.82, 2.24) is 5.32 Å². The number of sulfonamides is 1. The molecule has 21 heavy (non-hydrogen) atoms. The van der Waals surface area contributed by atoms with E-state index in [1.54, 1.807) is 12.1 Å². The molecule has 1 N–H and O–H groups in total. The first kappa shape index (κ1) is 14.5. The summed E-state index contributed by atoms with van der Waals surface area (Å²) in [5, 5.41) is 3.26. The first-order valence-electron chi connectivity index (χ1n) is 7.35. The summed E-state index contributed by atoms with van der Waals surface area (Å²) in [7, 11) is -3.23. The fourth-order valence-corrected chi connectivity index (χ4v) is 4.10. The molecule has 2 aliphatic rings. The van der Waals surface area contributed by atoms with Crippen LogP contribution in [0.15, 0.2) is 18.2 Å². The molecule has 0 aliphatic carbocycles. The maximum absolute atomic E-state index is 12.5. The Morgan fingerprint density at radius 2 is 2.14 bits per heavy atom. The second-order valence-electron chi connectivity index (χ2n) is 5.80. The highest BCUT2D eigenvalue weighted by Gasteiger charge is 2.28. The number of Topliss-reactive ketones (excluding diaryl/α,β-unsaturated/α-hetero) is 1. The van der Waals surface area contributed by atoms with E-state index < -0.39 is 10.0 Å². The van der Waals surface area contributed by atoms with E-state index in [-0.39, 0.29) is 11.8 Å². The van der Waals surface area contributed by atoms with E-state index in [1.807, 2.05) is 6.07 Å². The lowest BCUT2D eigenvalue weighted by atomic mass is 9.95. The molecule has 6 heteroatoms. The molecule has 0 amide bonds. The van der Waals surface area contributed by atoms with Gasteiger partial charge in [-0.25, -0.2) is 8.42 Å². The summed E-state index contributed by atoms with van der Waals surface area (Å²) in [5.41, 5.74) is 2.34. The van der Waals surface area contributed by atoms with Gasteiger partial charge < -0.3 is 5.32 Å². The molecule has 5 nitrogen and oxygen atoms in total. The number of carbonyl (C=O) groups is 1. The van der Waals surface area contributed by atoms with Gasteiger partial charge in [0, 0.05) is 12.1 Å². The summed E-state index contributed by atoms with van der Waals surface area (Å²) < 4.78 is 24.8. The fraction of sp³-hybridized carbons (Fsp3) is 0.533. The Kier molecular flexibility index (Phi) is 3.75. The lowest BCUT2D eigenvalue weighted by Gasteiger charge is -2.22. The van der Waals surface area contributed by atoms with Crippen molar-refractivity contribution < 1.29 is 13.2 Å². The van der Waals surface area contributed by atoms with Crippen LogP contribution in [0.3, 0.4) is 0 Å². The zero-order valence-corrected chi connectivity index (χ0v) is 12.9.